The van der Waals surface area contributed by atoms with E-state index in [-0.39, 0.29) is 11.8 Å². The quantitative estimate of drug-likeness (QED) is 0.654. The molecule has 0 spiro atoms. The average molecular weight is 193 g/mol. The third-order valence-electron chi connectivity index (χ3n) is 2.48. The van der Waals surface area contributed by atoms with Gasteiger partial charge in [0.15, 0.2) is 0 Å². The Balaban J connectivity index is 2.45. The van der Waals surface area contributed by atoms with Crippen LogP contribution in [0.2, 0.25) is 0 Å². The van der Waals surface area contributed by atoms with Crippen LogP contribution in [0, 0.1) is 17.2 Å². The number of primary amides is 1. The van der Waals surface area contributed by atoms with E-state index in [0.29, 0.717) is 18.7 Å². The zero-order valence-electron chi connectivity index (χ0n) is 8.20. The summed E-state index contributed by atoms with van der Waals surface area (Å²) in [7, 11) is 0. The van der Waals surface area contributed by atoms with Gasteiger partial charge in [0.2, 0.25) is 5.91 Å². The predicted octanol–water partition coefficient (Wildman–Crippen LogP) is 0.263. The molecule has 0 aliphatic carbocycles. The maximum Gasteiger partial charge on any atom is 0.221 e. The van der Waals surface area contributed by atoms with Gasteiger partial charge in [0.25, 0.3) is 0 Å². The first-order valence-electron chi connectivity index (χ1n) is 4.73. The Kier molecular flexibility index (Phi) is 3.66. The van der Waals surface area contributed by atoms with Gasteiger partial charge >= 0.3 is 0 Å². The van der Waals surface area contributed by atoms with Crippen molar-refractivity contribution < 1.29 is 4.79 Å². The normalized spacial score (nSPS) is 22.6. The van der Waals surface area contributed by atoms with Crippen molar-refractivity contribution in [2.45, 2.75) is 12.8 Å². The molecule has 0 bridgehead atoms. The molecule has 1 fully saturated rings. The summed E-state index contributed by atoms with van der Waals surface area (Å²) in [5.74, 6) is -0.299. The highest BCUT2D eigenvalue weighted by Crippen LogP contribution is 2.16. The minimum absolute atomic E-state index is 0.0600. The average Bonchev–Trinajstić information content (AvgIpc) is 2.18. The van der Waals surface area contributed by atoms with Gasteiger partial charge in [0, 0.05) is 18.7 Å². The van der Waals surface area contributed by atoms with Crippen LogP contribution in [0.3, 0.4) is 0 Å². The van der Waals surface area contributed by atoms with Crippen molar-refractivity contribution in [2.24, 2.45) is 11.7 Å². The smallest absolute Gasteiger partial charge is 0.221 e. The molecule has 0 aromatic rings. The van der Waals surface area contributed by atoms with Crippen molar-refractivity contribution in [3.05, 3.63) is 12.2 Å². The molecule has 76 valence electrons. The van der Waals surface area contributed by atoms with Gasteiger partial charge in [0.1, 0.15) is 0 Å². The van der Waals surface area contributed by atoms with Gasteiger partial charge in [-0.05, 0) is 19.4 Å². The molecule has 2 N–H and O–H groups in total. The summed E-state index contributed by atoms with van der Waals surface area (Å²) < 4.78 is 0. The maximum atomic E-state index is 11.0. The monoisotopic (exact) mass is 193 g/mol. The van der Waals surface area contributed by atoms with Gasteiger partial charge in [0.05, 0.1) is 12.0 Å². The Bertz CT molecular complexity index is 280. The van der Waals surface area contributed by atoms with Crippen LogP contribution in [0.1, 0.15) is 12.8 Å². The molecule has 1 amide bonds. The lowest BCUT2D eigenvalue weighted by atomic mass is 9.97. The van der Waals surface area contributed by atoms with Crippen molar-refractivity contribution in [1.82, 2.24) is 4.90 Å². The van der Waals surface area contributed by atoms with E-state index in [4.69, 9.17) is 11.0 Å². The Hall–Kier alpha value is -1.34. The zero-order valence-corrected chi connectivity index (χ0v) is 8.20. The molecule has 0 aromatic heterocycles. The molecule has 1 atom stereocenters. The number of nitrogens with two attached hydrogens (primary N) is 1. The first-order valence-corrected chi connectivity index (χ1v) is 4.73. The van der Waals surface area contributed by atoms with Crippen molar-refractivity contribution >= 4 is 5.91 Å². The lowest BCUT2D eigenvalue weighted by molar-refractivity contribution is -0.123. The molecule has 4 heteroatoms. The largest absolute Gasteiger partial charge is 0.369 e. The van der Waals surface area contributed by atoms with Crippen LogP contribution < -0.4 is 5.73 Å². The molecule has 0 radical (unpaired) electrons. The third-order valence-corrected chi connectivity index (χ3v) is 2.48. The second-order valence-corrected chi connectivity index (χ2v) is 3.69. The Morgan fingerprint density at radius 3 is 3.00 bits per heavy atom. The van der Waals surface area contributed by atoms with Crippen LogP contribution in [0.5, 0.6) is 0 Å². The SMILES string of the molecule is C=C(C#N)CN1CCCC(C(N)=O)C1. The van der Waals surface area contributed by atoms with E-state index in [1.54, 1.807) is 0 Å². The van der Waals surface area contributed by atoms with Gasteiger partial charge in [-0.1, -0.05) is 6.58 Å². The zero-order chi connectivity index (χ0) is 10.6. The number of nitriles is 1. The molecule has 1 rings (SSSR count). The van der Waals surface area contributed by atoms with Gasteiger partial charge in [-0.15, -0.1) is 0 Å². The van der Waals surface area contributed by atoms with E-state index < -0.39 is 0 Å². The number of amides is 1. The molecule has 1 heterocycles. The summed E-state index contributed by atoms with van der Waals surface area (Å²) >= 11 is 0. The number of carbonyl (C=O) groups excluding carboxylic acids is 1. The summed E-state index contributed by atoms with van der Waals surface area (Å²) in [6, 6.07) is 2.00. The molecular formula is C10H15N3O. The fraction of sp³-hybridized carbons (Fsp3) is 0.600. The molecule has 4 nitrogen and oxygen atoms in total. The maximum absolute atomic E-state index is 11.0. The molecule has 14 heavy (non-hydrogen) atoms. The van der Waals surface area contributed by atoms with E-state index in [2.05, 4.69) is 11.5 Å². The summed E-state index contributed by atoms with van der Waals surface area (Å²) in [5, 5.41) is 8.57. The molecule has 0 aromatic carbocycles. The number of rotatable bonds is 3. The Labute approximate surface area is 84.0 Å². The van der Waals surface area contributed by atoms with Crippen LogP contribution >= 0.6 is 0 Å². The Morgan fingerprint density at radius 2 is 2.43 bits per heavy atom. The first-order chi connectivity index (χ1) is 6.63. The van der Waals surface area contributed by atoms with E-state index >= 15 is 0 Å². The number of hydrogen-bond acceptors (Lipinski definition) is 3. The topological polar surface area (TPSA) is 70.1 Å². The molecule has 1 saturated heterocycles. The van der Waals surface area contributed by atoms with Gasteiger partial charge < -0.3 is 5.73 Å². The second-order valence-electron chi connectivity index (χ2n) is 3.69. The lowest BCUT2D eigenvalue weighted by Crippen LogP contribution is -2.41. The van der Waals surface area contributed by atoms with E-state index in [9.17, 15) is 4.79 Å². The summed E-state index contributed by atoms with van der Waals surface area (Å²) in [5.41, 5.74) is 5.78. The molecular weight excluding hydrogens is 178 g/mol. The Morgan fingerprint density at radius 1 is 1.71 bits per heavy atom. The molecule has 0 saturated carbocycles. The van der Waals surface area contributed by atoms with Gasteiger partial charge in [-0.2, -0.15) is 5.26 Å². The summed E-state index contributed by atoms with van der Waals surface area (Å²) in [6.07, 6.45) is 1.83. The van der Waals surface area contributed by atoms with E-state index in [1.807, 2.05) is 6.07 Å². The highest BCUT2D eigenvalue weighted by molar-refractivity contribution is 5.76. The van der Waals surface area contributed by atoms with Crippen LogP contribution in [-0.2, 0) is 4.79 Å². The minimum Gasteiger partial charge on any atom is -0.369 e. The van der Waals surface area contributed by atoms with Crippen LogP contribution in [0.25, 0.3) is 0 Å². The van der Waals surface area contributed by atoms with Crippen LogP contribution in [-0.4, -0.2) is 30.4 Å². The summed E-state index contributed by atoms with van der Waals surface area (Å²) in [6.45, 7) is 5.76. The molecule has 1 unspecified atom stereocenters. The van der Waals surface area contributed by atoms with Crippen molar-refractivity contribution in [3.8, 4) is 6.07 Å². The number of nitrogens with zero attached hydrogens (tertiary/aromatic N) is 2. The number of carbonyl (C=O) groups is 1. The standard InChI is InChI=1S/C10H15N3O/c1-8(5-11)6-13-4-2-3-9(7-13)10(12)14/h9H,1-4,6-7H2,(H2,12,14). The van der Waals surface area contributed by atoms with Gasteiger partial charge in [-0.3, -0.25) is 9.69 Å². The summed E-state index contributed by atoms with van der Waals surface area (Å²) in [4.78, 5) is 13.0. The van der Waals surface area contributed by atoms with Crippen molar-refractivity contribution in [1.29, 1.82) is 5.26 Å². The highest BCUT2D eigenvalue weighted by atomic mass is 16.1. The number of likely N-dealkylation sites (tertiary alicyclic amines) is 1. The predicted molar refractivity (Wildman–Crippen MR) is 53.1 cm³/mol. The van der Waals surface area contributed by atoms with Crippen LogP contribution in [0.15, 0.2) is 12.2 Å². The lowest BCUT2D eigenvalue weighted by Gasteiger charge is -2.30. The second kappa shape index (κ2) is 4.77. The molecule has 1 aliphatic rings. The van der Waals surface area contributed by atoms with Crippen LogP contribution in [0.4, 0.5) is 0 Å². The number of hydrogen-bond donors (Lipinski definition) is 1. The first kappa shape index (κ1) is 10.7. The fourth-order valence-corrected chi connectivity index (χ4v) is 1.74. The van der Waals surface area contributed by atoms with Crippen molar-refractivity contribution in [3.63, 3.8) is 0 Å². The van der Waals surface area contributed by atoms with E-state index in [0.717, 1.165) is 19.4 Å². The highest BCUT2D eigenvalue weighted by Gasteiger charge is 2.23. The minimum atomic E-state index is -0.239. The number of piperidine rings is 1. The van der Waals surface area contributed by atoms with E-state index in [1.165, 1.54) is 0 Å². The molecule has 1 aliphatic heterocycles. The van der Waals surface area contributed by atoms with Crippen molar-refractivity contribution in [2.75, 3.05) is 19.6 Å². The third kappa shape index (κ3) is 2.86. The fourth-order valence-electron chi connectivity index (χ4n) is 1.74. The van der Waals surface area contributed by atoms with Gasteiger partial charge in [-0.25, -0.2) is 0 Å².